The second-order valence-corrected chi connectivity index (χ2v) is 5.74. The van der Waals surface area contributed by atoms with Crippen LogP contribution in [0.25, 0.3) is 0 Å². The van der Waals surface area contributed by atoms with E-state index < -0.39 is 11.6 Å². The monoisotopic (exact) mass is 344 g/mol. The summed E-state index contributed by atoms with van der Waals surface area (Å²) in [7, 11) is 1.85. The molecule has 2 heterocycles. The number of aromatic nitrogens is 4. The highest BCUT2D eigenvalue weighted by Gasteiger charge is 2.13. The van der Waals surface area contributed by atoms with Crippen molar-refractivity contribution in [1.29, 1.82) is 0 Å². The average molecular weight is 344 g/mol. The molecule has 0 aliphatic heterocycles. The topological polar surface area (TPSA) is 67.7 Å². The lowest BCUT2D eigenvalue weighted by molar-refractivity contribution is 0.566. The van der Waals surface area contributed by atoms with Crippen LogP contribution in [0, 0.1) is 18.6 Å². The molecule has 6 nitrogen and oxygen atoms in total. The van der Waals surface area contributed by atoms with E-state index >= 15 is 0 Å². The van der Waals surface area contributed by atoms with Crippen molar-refractivity contribution in [3.05, 3.63) is 59.6 Å². The fourth-order valence-electron chi connectivity index (χ4n) is 2.41. The Hall–Kier alpha value is -3.03. The first-order valence-electron chi connectivity index (χ1n) is 7.73. The summed E-state index contributed by atoms with van der Waals surface area (Å²) in [5, 5.41) is 10.5. The zero-order valence-electron chi connectivity index (χ0n) is 14.1. The Bertz CT molecular complexity index is 873. The van der Waals surface area contributed by atoms with Crippen LogP contribution in [0.5, 0.6) is 0 Å². The second-order valence-electron chi connectivity index (χ2n) is 5.74. The largest absolute Gasteiger partial charge is 0.363 e. The maximum absolute atomic E-state index is 13.9. The molecule has 0 saturated carbocycles. The number of benzene rings is 1. The highest BCUT2D eigenvalue weighted by molar-refractivity contribution is 5.56. The maximum Gasteiger partial charge on any atom is 0.153 e. The smallest absolute Gasteiger partial charge is 0.153 e. The number of aryl methyl sites for hydroxylation is 2. The van der Waals surface area contributed by atoms with Crippen LogP contribution in [-0.2, 0) is 7.05 Å². The van der Waals surface area contributed by atoms with Gasteiger partial charge in [-0.3, -0.25) is 4.68 Å². The Kier molecular flexibility index (Phi) is 4.60. The van der Waals surface area contributed by atoms with Crippen molar-refractivity contribution >= 4 is 17.5 Å². The number of nitrogens with zero attached hydrogens (tertiary/aromatic N) is 4. The first-order chi connectivity index (χ1) is 11.9. The van der Waals surface area contributed by atoms with E-state index in [4.69, 9.17) is 0 Å². The normalized spacial score (nSPS) is 12.0. The highest BCUT2D eigenvalue weighted by Crippen LogP contribution is 2.23. The molecule has 1 aromatic carbocycles. The molecule has 0 amide bonds. The molecular weight excluding hydrogens is 326 g/mol. The van der Waals surface area contributed by atoms with Crippen LogP contribution in [0.4, 0.5) is 26.2 Å². The van der Waals surface area contributed by atoms with E-state index in [-0.39, 0.29) is 6.04 Å². The van der Waals surface area contributed by atoms with Gasteiger partial charge < -0.3 is 10.6 Å². The first kappa shape index (κ1) is 16.8. The van der Waals surface area contributed by atoms with Gasteiger partial charge in [0.05, 0.1) is 6.04 Å². The number of halogens is 2. The van der Waals surface area contributed by atoms with Crippen LogP contribution >= 0.6 is 0 Å². The molecule has 0 radical (unpaired) electrons. The minimum absolute atomic E-state index is 0.356. The molecule has 2 aromatic heterocycles. The molecule has 0 fully saturated rings. The third-order valence-corrected chi connectivity index (χ3v) is 3.83. The number of rotatable bonds is 5. The molecule has 130 valence electrons. The summed E-state index contributed by atoms with van der Waals surface area (Å²) in [6.45, 7) is 3.72. The summed E-state index contributed by atoms with van der Waals surface area (Å²) in [5.41, 5.74) is 1.37. The third-order valence-electron chi connectivity index (χ3n) is 3.83. The lowest BCUT2D eigenvalue weighted by atomic mass is 10.1. The van der Waals surface area contributed by atoms with Gasteiger partial charge in [-0.1, -0.05) is 6.07 Å². The van der Waals surface area contributed by atoms with Gasteiger partial charge in [0.25, 0.3) is 0 Å². The Morgan fingerprint density at radius 1 is 1.04 bits per heavy atom. The van der Waals surface area contributed by atoms with Crippen molar-refractivity contribution in [3.63, 3.8) is 0 Å². The maximum atomic E-state index is 13.9. The summed E-state index contributed by atoms with van der Waals surface area (Å²) in [6.07, 6.45) is 1.40. The van der Waals surface area contributed by atoms with E-state index in [2.05, 4.69) is 25.7 Å². The van der Waals surface area contributed by atoms with Gasteiger partial charge >= 0.3 is 0 Å². The molecule has 0 aliphatic carbocycles. The standard InChI is InChI=1S/C17H18F2N6/c1-10-6-17(24-25(10)3)23-16-8-15(20-9-21-16)22-11(2)13-5-4-12(18)7-14(13)19/h4-9,11H,1-3H3,(H2,20,21,22,23,24). The fraction of sp³-hybridized carbons (Fsp3) is 0.235. The highest BCUT2D eigenvalue weighted by atomic mass is 19.1. The van der Waals surface area contributed by atoms with Crippen molar-refractivity contribution in [2.24, 2.45) is 7.05 Å². The second kappa shape index (κ2) is 6.84. The van der Waals surface area contributed by atoms with Gasteiger partial charge in [0.2, 0.25) is 0 Å². The van der Waals surface area contributed by atoms with E-state index in [1.807, 2.05) is 20.0 Å². The molecule has 8 heteroatoms. The predicted octanol–water partition coefficient (Wildman–Crippen LogP) is 3.71. The Morgan fingerprint density at radius 2 is 1.80 bits per heavy atom. The summed E-state index contributed by atoms with van der Waals surface area (Å²) >= 11 is 0. The fourth-order valence-corrected chi connectivity index (χ4v) is 2.41. The Labute approximate surface area is 143 Å². The molecule has 0 spiro atoms. The molecule has 0 saturated heterocycles. The minimum atomic E-state index is -0.604. The van der Waals surface area contributed by atoms with Gasteiger partial charge in [-0.15, -0.1) is 0 Å². The van der Waals surface area contributed by atoms with Gasteiger partial charge in [0.15, 0.2) is 5.82 Å². The summed E-state index contributed by atoms with van der Waals surface area (Å²) in [4.78, 5) is 8.28. The molecule has 0 bridgehead atoms. The molecule has 3 rings (SSSR count). The van der Waals surface area contributed by atoms with Crippen LogP contribution in [-0.4, -0.2) is 19.7 Å². The van der Waals surface area contributed by atoms with Gasteiger partial charge in [0, 0.05) is 36.5 Å². The number of nitrogens with one attached hydrogen (secondary N) is 2. The van der Waals surface area contributed by atoms with Crippen LogP contribution in [0.2, 0.25) is 0 Å². The molecule has 1 unspecified atom stereocenters. The van der Waals surface area contributed by atoms with E-state index in [1.165, 1.54) is 18.5 Å². The third kappa shape index (κ3) is 3.90. The predicted molar refractivity (Wildman–Crippen MR) is 91.7 cm³/mol. The zero-order valence-corrected chi connectivity index (χ0v) is 14.1. The van der Waals surface area contributed by atoms with Crippen molar-refractivity contribution in [2.75, 3.05) is 10.6 Å². The van der Waals surface area contributed by atoms with Crippen molar-refractivity contribution < 1.29 is 8.78 Å². The number of hydrogen-bond acceptors (Lipinski definition) is 5. The van der Waals surface area contributed by atoms with E-state index in [1.54, 1.807) is 17.7 Å². The van der Waals surface area contributed by atoms with Gasteiger partial charge in [-0.25, -0.2) is 18.7 Å². The van der Waals surface area contributed by atoms with E-state index in [9.17, 15) is 8.78 Å². The first-order valence-corrected chi connectivity index (χ1v) is 7.73. The molecule has 2 N–H and O–H groups in total. The van der Waals surface area contributed by atoms with E-state index in [0.717, 1.165) is 11.8 Å². The van der Waals surface area contributed by atoms with Crippen LogP contribution in [0.3, 0.4) is 0 Å². The van der Waals surface area contributed by atoms with Crippen LogP contribution < -0.4 is 10.6 Å². The SMILES string of the molecule is Cc1cc(Nc2cc(NC(C)c3ccc(F)cc3F)ncn2)nn1C. The van der Waals surface area contributed by atoms with Crippen molar-refractivity contribution in [1.82, 2.24) is 19.7 Å². The Balaban J connectivity index is 1.74. The molecule has 3 aromatic rings. The quantitative estimate of drug-likeness (QED) is 0.738. The molecular formula is C17H18F2N6. The van der Waals surface area contributed by atoms with Crippen LogP contribution in [0.1, 0.15) is 24.2 Å². The van der Waals surface area contributed by atoms with Gasteiger partial charge in [0.1, 0.15) is 29.6 Å². The molecule has 0 aliphatic rings. The van der Waals surface area contributed by atoms with Gasteiger partial charge in [-0.2, -0.15) is 5.10 Å². The van der Waals surface area contributed by atoms with Crippen LogP contribution in [0.15, 0.2) is 36.7 Å². The lowest BCUT2D eigenvalue weighted by Gasteiger charge is -2.16. The summed E-state index contributed by atoms with van der Waals surface area (Å²) in [5.74, 6) is 0.537. The Morgan fingerprint density at radius 3 is 2.48 bits per heavy atom. The molecule has 25 heavy (non-hydrogen) atoms. The molecule has 1 atom stereocenters. The van der Waals surface area contributed by atoms with Crippen molar-refractivity contribution in [3.8, 4) is 0 Å². The zero-order chi connectivity index (χ0) is 18.0. The van der Waals surface area contributed by atoms with E-state index in [0.29, 0.717) is 23.0 Å². The lowest BCUT2D eigenvalue weighted by Crippen LogP contribution is -2.10. The summed E-state index contributed by atoms with van der Waals surface area (Å²) in [6, 6.07) is 6.71. The van der Waals surface area contributed by atoms with Gasteiger partial charge in [-0.05, 0) is 19.9 Å². The van der Waals surface area contributed by atoms with Crippen molar-refractivity contribution in [2.45, 2.75) is 19.9 Å². The summed E-state index contributed by atoms with van der Waals surface area (Å²) < 4.78 is 28.7. The number of anilines is 3. The number of hydrogen-bond donors (Lipinski definition) is 2. The average Bonchev–Trinajstić information content (AvgIpc) is 2.85. The minimum Gasteiger partial charge on any atom is -0.363 e.